The summed E-state index contributed by atoms with van der Waals surface area (Å²) in [5, 5.41) is 0. The fraction of sp³-hybridized carbons (Fsp3) is 0.158. The Morgan fingerprint density at radius 1 is 1.09 bits per heavy atom. The highest BCUT2D eigenvalue weighted by atomic mass is 16.1. The summed E-state index contributed by atoms with van der Waals surface area (Å²) in [6.45, 7) is 5.44. The summed E-state index contributed by atoms with van der Waals surface area (Å²) < 4.78 is 0. The zero-order valence-electron chi connectivity index (χ0n) is 12.7. The quantitative estimate of drug-likeness (QED) is 0.644. The lowest BCUT2D eigenvalue weighted by molar-refractivity contribution is -0.122. The molecule has 0 saturated carbocycles. The van der Waals surface area contributed by atoms with Crippen molar-refractivity contribution < 1.29 is 4.79 Å². The van der Waals surface area contributed by atoms with Gasteiger partial charge in [0.05, 0.1) is 5.71 Å². The molecule has 0 saturated heterocycles. The van der Waals surface area contributed by atoms with E-state index in [1.165, 1.54) is 0 Å². The van der Waals surface area contributed by atoms with E-state index in [9.17, 15) is 4.79 Å². The van der Waals surface area contributed by atoms with E-state index in [1.54, 1.807) is 13.0 Å². The summed E-state index contributed by atoms with van der Waals surface area (Å²) in [5.41, 5.74) is 7.21. The number of carbonyl (C=O) groups excluding carboxylic acids is 1. The molecule has 0 bridgehead atoms. The van der Waals surface area contributed by atoms with E-state index in [1.807, 2.05) is 60.7 Å². The van der Waals surface area contributed by atoms with Gasteiger partial charge in [0.15, 0.2) is 0 Å². The minimum atomic E-state index is -1.01. The number of primary amides is 1. The first-order valence-electron chi connectivity index (χ1n) is 7.18. The van der Waals surface area contributed by atoms with Crippen LogP contribution < -0.4 is 5.73 Å². The number of aliphatic imine (C=N–C) groups is 1. The van der Waals surface area contributed by atoms with Gasteiger partial charge < -0.3 is 5.73 Å². The summed E-state index contributed by atoms with van der Waals surface area (Å²) in [6, 6.07) is 19.6. The van der Waals surface area contributed by atoms with Gasteiger partial charge in [0.2, 0.25) is 5.91 Å². The number of nitrogens with zero attached hydrogens (tertiary/aromatic N) is 1. The number of amides is 1. The predicted molar refractivity (Wildman–Crippen MR) is 90.9 cm³/mol. The van der Waals surface area contributed by atoms with E-state index in [2.05, 4.69) is 6.58 Å². The first-order chi connectivity index (χ1) is 10.6. The highest BCUT2D eigenvalue weighted by molar-refractivity contribution is 6.13. The van der Waals surface area contributed by atoms with Crippen molar-refractivity contribution in [2.45, 2.75) is 18.9 Å². The summed E-state index contributed by atoms with van der Waals surface area (Å²) in [5.74, 6) is -0.461. The van der Waals surface area contributed by atoms with Gasteiger partial charge in [-0.1, -0.05) is 66.7 Å². The van der Waals surface area contributed by atoms with Gasteiger partial charge in [0.1, 0.15) is 5.54 Å². The van der Waals surface area contributed by atoms with Crippen molar-refractivity contribution in [2.75, 3.05) is 0 Å². The average Bonchev–Trinajstić information content (AvgIpc) is 2.54. The first-order valence-corrected chi connectivity index (χ1v) is 7.18. The number of nitrogens with two attached hydrogens (primary N) is 1. The van der Waals surface area contributed by atoms with Crippen LogP contribution in [0.5, 0.6) is 0 Å². The molecule has 2 N–H and O–H groups in total. The van der Waals surface area contributed by atoms with E-state index in [-0.39, 0.29) is 0 Å². The second-order valence-corrected chi connectivity index (χ2v) is 5.32. The summed E-state index contributed by atoms with van der Waals surface area (Å²) in [7, 11) is 0. The Morgan fingerprint density at radius 3 is 1.91 bits per heavy atom. The van der Waals surface area contributed by atoms with Crippen LogP contribution in [-0.4, -0.2) is 17.2 Å². The number of hydrogen-bond acceptors (Lipinski definition) is 2. The van der Waals surface area contributed by atoms with Crippen molar-refractivity contribution in [3.05, 3.63) is 84.4 Å². The van der Waals surface area contributed by atoms with Crippen LogP contribution in [0, 0.1) is 0 Å². The molecule has 0 aliphatic heterocycles. The Labute approximate surface area is 131 Å². The molecule has 0 aliphatic carbocycles. The molecule has 1 atom stereocenters. The Kier molecular flexibility index (Phi) is 4.89. The highest BCUT2D eigenvalue weighted by Gasteiger charge is 2.30. The van der Waals surface area contributed by atoms with Gasteiger partial charge >= 0.3 is 0 Å². The van der Waals surface area contributed by atoms with Crippen molar-refractivity contribution in [3.8, 4) is 0 Å². The highest BCUT2D eigenvalue weighted by Crippen LogP contribution is 2.20. The van der Waals surface area contributed by atoms with Crippen LogP contribution in [0.3, 0.4) is 0 Å². The fourth-order valence-electron chi connectivity index (χ4n) is 2.22. The van der Waals surface area contributed by atoms with Crippen molar-refractivity contribution >= 4 is 11.6 Å². The van der Waals surface area contributed by atoms with Crippen molar-refractivity contribution in [1.82, 2.24) is 0 Å². The Hall–Kier alpha value is -2.68. The summed E-state index contributed by atoms with van der Waals surface area (Å²) >= 11 is 0. The monoisotopic (exact) mass is 292 g/mol. The molecule has 0 spiro atoms. The second-order valence-electron chi connectivity index (χ2n) is 5.32. The molecular weight excluding hydrogens is 272 g/mol. The van der Waals surface area contributed by atoms with Gasteiger partial charge in [-0.15, -0.1) is 6.58 Å². The van der Waals surface area contributed by atoms with Crippen LogP contribution in [0.2, 0.25) is 0 Å². The Morgan fingerprint density at radius 2 is 1.55 bits per heavy atom. The van der Waals surface area contributed by atoms with Gasteiger partial charge in [-0.05, 0) is 13.3 Å². The van der Waals surface area contributed by atoms with Crippen LogP contribution in [0.1, 0.15) is 24.5 Å². The fourth-order valence-corrected chi connectivity index (χ4v) is 2.22. The zero-order chi connectivity index (χ0) is 16.0. The maximum absolute atomic E-state index is 11.9. The van der Waals surface area contributed by atoms with Gasteiger partial charge in [0, 0.05) is 11.1 Å². The maximum Gasteiger partial charge on any atom is 0.245 e. The molecule has 112 valence electrons. The summed E-state index contributed by atoms with van der Waals surface area (Å²) in [4.78, 5) is 16.6. The van der Waals surface area contributed by atoms with E-state index in [4.69, 9.17) is 10.7 Å². The van der Waals surface area contributed by atoms with Gasteiger partial charge in [-0.3, -0.25) is 9.79 Å². The molecule has 2 rings (SSSR count). The second kappa shape index (κ2) is 6.85. The molecule has 3 nitrogen and oxygen atoms in total. The third kappa shape index (κ3) is 3.50. The molecule has 0 radical (unpaired) electrons. The molecule has 0 aliphatic rings. The van der Waals surface area contributed by atoms with Gasteiger partial charge in [-0.2, -0.15) is 0 Å². The molecule has 0 fully saturated rings. The molecule has 2 aromatic carbocycles. The normalized spacial score (nSPS) is 13.0. The number of carbonyl (C=O) groups is 1. The van der Waals surface area contributed by atoms with Crippen LogP contribution in [0.4, 0.5) is 0 Å². The van der Waals surface area contributed by atoms with E-state index in [0.717, 1.165) is 16.8 Å². The predicted octanol–water partition coefficient (Wildman–Crippen LogP) is 3.34. The average molecular weight is 292 g/mol. The third-order valence-corrected chi connectivity index (χ3v) is 3.53. The number of hydrogen-bond donors (Lipinski definition) is 1. The van der Waals surface area contributed by atoms with Gasteiger partial charge in [0.25, 0.3) is 0 Å². The first kappa shape index (κ1) is 15.7. The molecule has 22 heavy (non-hydrogen) atoms. The van der Waals surface area contributed by atoms with Crippen molar-refractivity contribution in [3.63, 3.8) is 0 Å². The third-order valence-electron chi connectivity index (χ3n) is 3.53. The minimum Gasteiger partial charge on any atom is -0.368 e. The maximum atomic E-state index is 11.9. The lowest BCUT2D eigenvalue weighted by atomic mass is 9.95. The molecule has 3 heteroatoms. The molecular formula is C19H20N2O. The largest absolute Gasteiger partial charge is 0.368 e. The molecule has 1 unspecified atom stereocenters. The van der Waals surface area contributed by atoms with E-state index in [0.29, 0.717) is 6.42 Å². The molecule has 0 heterocycles. The van der Waals surface area contributed by atoms with Crippen LogP contribution >= 0.6 is 0 Å². The minimum absolute atomic E-state index is 0.394. The Balaban J connectivity index is 2.61. The van der Waals surface area contributed by atoms with Crippen molar-refractivity contribution in [2.24, 2.45) is 10.7 Å². The SMILES string of the molecule is C=CCC(C)(N=C(c1ccccc1)c1ccccc1)C(N)=O. The van der Waals surface area contributed by atoms with Crippen LogP contribution in [0.15, 0.2) is 78.3 Å². The van der Waals surface area contributed by atoms with Gasteiger partial charge in [-0.25, -0.2) is 0 Å². The Bertz CT molecular complexity index is 636. The number of rotatable bonds is 6. The standard InChI is InChI=1S/C19H20N2O/c1-3-14-19(2,18(20)22)21-17(15-10-6-4-7-11-15)16-12-8-5-9-13-16/h3-13H,1,14H2,2H3,(H2,20,22). The van der Waals surface area contributed by atoms with Crippen LogP contribution in [-0.2, 0) is 4.79 Å². The van der Waals surface area contributed by atoms with Crippen LogP contribution in [0.25, 0.3) is 0 Å². The molecule has 1 amide bonds. The molecule has 2 aromatic rings. The van der Waals surface area contributed by atoms with Crippen molar-refractivity contribution in [1.29, 1.82) is 0 Å². The number of benzene rings is 2. The smallest absolute Gasteiger partial charge is 0.245 e. The lowest BCUT2D eigenvalue weighted by Crippen LogP contribution is -2.40. The topological polar surface area (TPSA) is 55.4 Å². The molecule has 0 aromatic heterocycles. The summed E-state index contributed by atoms with van der Waals surface area (Å²) in [6.07, 6.45) is 2.06. The zero-order valence-corrected chi connectivity index (χ0v) is 12.7. The van der Waals surface area contributed by atoms with E-state index < -0.39 is 11.4 Å². The van der Waals surface area contributed by atoms with E-state index >= 15 is 0 Å². The lowest BCUT2D eigenvalue weighted by Gasteiger charge is -2.22.